The molecule has 0 radical (unpaired) electrons. The number of aliphatic hydroxyl groups is 1. The van der Waals surface area contributed by atoms with Crippen molar-refractivity contribution in [1.29, 1.82) is 0 Å². The summed E-state index contributed by atoms with van der Waals surface area (Å²) in [6.45, 7) is 4.61. The molecule has 0 saturated carbocycles. The Bertz CT molecular complexity index is 330. The molecule has 0 fully saturated rings. The van der Waals surface area contributed by atoms with Crippen molar-refractivity contribution in [1.82, 2.24) is 0 Å². The fourth-order valence-electron chi connectivity index (χ4n) is 2.24. The van der Waals surface area contributed by atoms with Gasteiger partial charge in [0.25, 0.3) is 0 Å². The minimum absolute atomic E-state index is 0.0917. The first-order valence-corrected chi connectivity index (χ1v) is 4.83. The van der Waals surface area contributed by atoms with Crippen LogP contribution in [0.2, 0.25) is 0 Å². The Morgan fingerprint density at radius 1 is 1.38 bits per heavy atom. The maximum Gasteiger partial charge on any atom is 0.0491 e. The Kier molecular flexibility index (Phi) is 1.92. The third-order valence-corrected chi connectivity index (χ3v) is 3.11. The molecule has 1 aliphatic carbocycles. The third kappa shape index (κ3) is 1.37. The van der Waals surface area contributed by atoms with E-state index in [4.69, 9.17) is 0 Å². The van der Waals surface area contributed by atoms with Crippen LogP contribution in [0.25, 0.3) is 0 Å². The van der Waals surface area contributed by atoms with Gasteiger partial charge in [0, 0.05) is 6.61 Å². The molecule has 0 spiro atoms. The van der Waals surface area contributed by atoms with Crippen molar-refractivity contribution in [2.24, 2.45) is 5.41 Å². The van der Waals surface area contributed by atoms with Gasteiger partial charge in [-0.1, -0.05) is 25.1 Å². The lowest BCUT2D eigenvalue weighted by Gasteiger charge is -2.19. The van der Waals surface area contributed by atoms with Crippen LogP contribution in [0.15, 0.2) is 18.2 Å². The first-order valence-electron chi connectivity index (χ1n) is 4.83. The number of benzene rings is 1. The second-order valence-electron chi connectivity index (χ2n) is 4.53. The topological polar surface area (TPSA) is 20.2 Å². The summed E-state index contributed by atoms with van der Waals surface area (Å²) < 4.78 is 0. The van der Waals surface area contributed by atoms with E-state index in [1.807, 2.05) is 0 Å². The van der Waals surface area contributed by atoms with Crippen LogP contribution in [-0.2, 0) is 12.8 Å². The van der Waals surface area contributed by atoms with Crippen molar-refractivity contribution in [3.05, 3.63) is 34.9 Å². The fourth-order valence-corrected chi connectivity index (χ4v) is 2.24. The number of hydrogen-bond donors (Lipinski definition) is 1. The molecule has 0 aromatic heterocycles. The lowest BCUT2D eigenvalue weighted by Crippen LogP contribution is -2.21. The monoisotopic (exact) mass is 176 g/mol. The average molecular weight is 176 g/mol. The SMILES string of the molecule is Cc1cccc2c1C[C@](C)(CO)C2. The molecule has 0 aliphatic heterocycles. The van der Waals surface area contributed by atoms with Gasteiger partial charge in [0.2, 0.25) is 0 Å². The number of hydrogen-bond acceptors (Lipinski definition) is 1. The number of fused-ring (bicyclic) bond motifs is 1. The summed E-state index contributed by atoms with van der Waals surface area (Å²) in [5.41, 5.74) is 4.35. The highest BCUT2D eigenvalue weighted by molar-refractivity contribution is 5.39. The van der Waals surface area contributed by atoms with Gasteiger partial charge in [-0.25, -0.2) is 0 Å². The lowest BCUT2D eigenvalue weighted by molar-refractivity contribution is 0.152. The molecule has 1 aromatic carbocycles. The normalized spacial score (nSPS) is 26.1. The summed E-state index contributed by atoms with van der Waals surface area (Å²) >= 11 is 0. The van der Waals surface area contributed by atoms with Crippen LogP contribution in [0.3, 0.4) is 0 Å². The van der Waals surface area contributed by atoms with Crippen LogP contribution in [-0.4, -0.2) is 11.7 Å². The molecule has 0 unspecified atom stereocenters. The van der Waals surface area contributed by atoms with E-state index >= 15 is 0 Å². The van der Waals surface area contributed by atoms with Gasteiger partial charge in [-0.05, 0) is 41.9 Å². The molecular formula is C12H16O. The molecule has 1 N–H and O–H groups in total. The van der Waals surface area contributed by atoms with Gasteiger partial charge in [0.15, 0.2) is 0 Å². The zero-order valence-electron chi connectivity index (χ0n) is 8.30. The zero-order valence-corrected chi connectivity index (χ0v) is 8.30. The van der Waals surface area contributed by atoms with E-state index in [-0.39, 0.29) is 5.41 Å². The number of rotatable bonds is 1. The maximum atomic E-state index is 9.29. The first-order chi connectivity index (χ1) is 6.14. The Morgan fingerprint density at radius 2 is 2.15 bits per heavy atom. The molecule has 0 saturated heterocycles. The molecule has 1 atom stereocenters. The predicted molar refractivity (Wildman–Crippen MR) is 53.8 cm³/mol. The Morgan fingerprint density at radius 3 is 2.77 bits per heavy atom. The molecule has 1 aromatic rings. The van der Waals surface area contributed by atoms with Gasteiger partial charge < -0.3 is 5.11 Å². The summed E-state index contributed by atoms with van der Waals surface area (Å²) in [6, 6.07) is 6.45. The van der Waals surface area contributed by atoms with Gasteiger partial charge in [-0.3, -0.25) is 0 Å². The summed E-state index contributed by atoms with van der Waals surface area (Å²) in [4.78, 5) is 0. The minimum atomic E-state index is 0.0917. The molecule has 0 amide bonds. The van der Waals surface area contributed by atoms with E-state index in [0.29, 0.717) is 6.61 Å². The van der Waals surface area contributed by atoms with Gasteiger partial charge in [-0.15, -0.1) is 0 Å². The average Bonchev–Trinajstić information content (AvgIpc) is 2.45. The Labute approximate surface area is 79.4 Å². The van der Waals surface area contributed by atoms with Crippen molar-refractivity contribution in [3.8, 4) is 0 Å². The zero-order chi connectivity index (χ0) is 9.47. The van der Waals surface area contributed by atoms with Gasteiger partial charge >= 0.3 is 0 Å². The molecule has 2 rings (SSSR count). The number of aliphatic hydroxyl groups excluding tert-OH is 1. The van der Waals surface area contributed by atoms with Crippen LogP contribution >= 0.6 is 0 Å². The molecule has 1 heteroatoms. The molecule has 70 valence electrons. The quantitative estimate of drug-likeness (QED) is 0.694. The van der Waals surface area contributed by atoms with Crippen LogP contribution < -0.4 is 0 Å². The standard InChI is InChI=1S/C12H16O/c1-9-4-3-5-10-6-12(2,8-13)7-11(9)10/h3-5,13H,6-8H2,1-2H3/t12-/m1/s1. The summed E-state index contributed by atoms with van der Waals surface area (Å²) in [5, 5.41) is 9.29. The highest BCUT2D eigenvalue weighted by Gasteiger charge is 2.32. The smallest absolute Gasteiger partial charge is 0.0491 e. The molecule has 1 aliphatic rings. The maximum absolute atomic E-state index is 9.29. The van der Waals surface area contributed by atoms with Crippen LogP contribution in [0.4, 0.5) is 0 Å². The molecular weight excluding hydrogens is 160 g/mol. The van der Waals surface area contributed by atoms with E-state index in [9.17, 15) is 5.11 Å². The summed E-state index contributed by atoms with van der Waals surface area (Å²) in [5.74, 6) is 0. The molecule has 0 bridgehead atoms. The van der Waals surface area contributed by atoms with Crippen molar-refractivity contribution < 1.29 is 5.11 Å². The second-order valence-corrected chi connectivity index (χ2v) is 4.53. The van der Waals surface area contributed by atoms with E-state index in [2.05, 4.69) is 32.0 Å². The predicted octanol–water partition coefficient (Wildman–Crippen LogP) is 2.09. The van der Waals surface area contributed by atoms with Crippen molar-refractivity contribution in [2.45, 2.75) is 26.7 Å². The van der Waals surface area contributed by atoms with Gasteiger partial charge in [0.05, 0.1) is 0 Å². The van der Waals surface area contributed by atoms with Gasteiger partial charge in [0.1, 0.15) is 0 Å². The van der Waals surface area contributed by atoms with E-state index < -0.39 is 0 Å². The van der Waals surface area contributed by atoms with Crippen LogP contribution in [0, 0.1) is 12.3 Å². The van der Waals surface area contributed by atoms with Crippen LogP contribution in [0.1, 0.15) is 23.6 Å². The number of aryl methyl sites for hydroxylation is 1. The highest BCUT2D eigenvalue weighted by Crippen LogP contribution is 2.37. The highest BCUT2D eigenvalue weighted by atomic mass is 16.3. The van der Waals surface area contributed by atoms with Crippen molar-refractivity contribution >= 4 is 0 Å². The van der Waals surface area contributed by atoms with E-state index in [0.717, 1.165) is 12.8 Å². The fraction of sp³-hybridized carbons (Fsp3) is 0.500. The lowest BCUT2D eigenvalue weighted by atomic mass is 9.88. The Hall–Kier alpha value is -0.820. The summed E-state index contributed by atoms with van der Waals surface area (Å²) in [7, 11) is 0. The largest absolute Gasteiger partial charge is 0.396 e. The van der Waals surface area contributed by atoms with Gasteiger partial charge in [-0.2, -0.15) is 0 Å². The molecule has 13 heavy (non-hydrogen) atoms. The van der Waals surface area contributed by atoms with Crippen molar-refractivity contribution in [3.63, 3.8) is 0 Å². The van der Waals surface area contributed by atoms with Crippen molar-refractivity contribution in [2.75, 3.05) is 6.61 Å². The van der Waals surface area contributed by atoms with Crippen LogP contribution in [0.5, 0.6) is 0 Å². The first kappa shape index (κ1) is 8.76. The third-order valence-electron chi connectivity index (χ3n) is 3.11. The minimum Gasteiger partial charge on any atom is -0.396 e. The molecule has 0 heterocycles. The second kappa shape index (κ2) is 2.85. The molecule has 1 nitrogen and oxygen atoms in total. The Balaban J connectivity index is 2.40. The summed E-state index contributed by atoms with van der Waals surface area (Å²) in [6.07, 6.45) is 2.06. The van der Waals surface area contributed by atoms with E-state index in [1.165, 1.54) is 16.7 Å². The van der Waals surface area contributed by atoms with E-state index in [1.54, 1.807) is 0 Å².